The van der Waals surface area contributed by atoms with Gasteiger partial charge in [0.1, 0.15) is 23.4 Å². The number of aldehydes is 1. The molecule has 0 spiro atoms. The minimum Gasteiger partial charge on any atom is -0.486 e. The number of aromatic nitrogens is 3. The van der Waals surface area contributed by atoms with E-state index in [-0.39, 0.29) is 10.6 Å². The van der Waals surface area contributed by atoms with Crippen LogP contribution in [0.15, 0.2) is 30.6 Å². The fourth-order valence-electron chi connectivity index (χ4n) is 2.25. The molecule has 3 rings (SSSR count). The van der Waals surface area contributed by atoms with E-state index in [9.17, 15) is 9.18 Å². The number of carbonyl (C=O) groups excluding carboxylic acids is 1. The first-order valence-electron chi connectivity index (χ1n) is 6.49. The lowest BCUT2D eigenvalue weighted by Crippen LogP contribution is -2.07. The second-order valence-electron chi connectivity index (χ2n) is 4.71. The molecular weight excluding hydrogens is 309 g/mol. The maximum atomic E-state index is 13.8. The van der Waals surface area contributed by atoms with Gasteiger partial charge in [0.25, 0.3) is 0 Å². The van der Waals surface area contributed by atoms with Crippen molar-refractivity contribution in [1.82, 2.24) is 15.2 Å². The Bertz CT molecular complexity index is 830. The molecule has 112 valence electrons. The number of ether oxygens (including phenoxy) is 1. The van der Waals surface area contributed by atoms with Gasteiger partial charge in [0, 0.05) is 17.1 Å². The summed E-state index contributed by atoms with van der Waals surface area (Å²) in [6, 6.07) is 5.12. The summed E-state index contributed by atoms with van der Waals surface area (Å²) in [7, 11) is 0. The van der Waals surface area contributed by atoms with Gasteiger partial charge >= 0.3 is 0 Å². The predicted molar refractivity (Wildman–Crippen MR) is 79.7 cm³/mol. The number of rotatable bonds is 4. The molecule has 0 saturated carbocycles. The number of hydrogen-bond donors (Lipinski definition) is 1. The SMILES string of the molecule is CC(Oc1ccc2[nH]nc(C=O)c2c1)c1c(F)cncc1Cl. The molecule has 0 aliphatic rings. The van der Waals surface area contributed by atoms with Crippen LogP contribution in [0.4, 0.5) is 4.39 Å². The number of aromatic amines is 1. The van der Waals surface area contributed by atoms with E-state index in [4.69, 9.17) is 16.3 Å². The zero-order valence-corrected chi connectivity index (χ0v) is 12.3. The number of fused-ring (bicyclic) bond motifs is 1. The average Bonchev–Trinajstić information content (AvgIpc) is 2.89. The van der Waals surface area contributed by atoms with E-state index in [1.54, 1.807) is 25.1 Å². The Morgan fingerprint density at radius 3 is 2.95 bits per heavy atom. The molecule has 1 atom stereocenters. The van der Waals surface area contributed by atoms with Crippen LogP contribution >= 0.6 is 11.6 Å². The van der Waals surface area contributed by atoms with Crippen molar-refractivity contribution in [3.63, 3.8) is 0 Å². The first-order valence-corrected chi connectivity index (χ1v) is 6.87. The van der Waals surface area contributed by atoms with Gasteiger partial charge in [0.15, 0.2) is 6.29 Å². The van der Waals surface area contributed by atoms with Gasteiger partial charge in [-0.3, -0.25) is 14.9 Å². The van der Waals surface area contributed by atoms with Crippen molar-refractivity contribution >= 4 is 28.8 Å². The van der Waals surface area contributed by atoms with E-state index in [1.165, 1.54) is 6.20 Å². The second kappa shape index (κ2) is 5.73. The number of H-pyrrole nitrogens is 1. The van der Waals surface area contributed by atoms with Crippen molar-refractivity contribution in [2.45, 2.75) is 13.0 Å². The van der Waals surface area contributed by atoms with Crippen LogP contribution in [0.1, 0.15) is 29.1 Å². The summed E-state index contributed by atoms with van der Waals surface area (Å²) in [5.74, 6) is -0.0465. The molecule has 0 saturated heterocycles. The molecule has 22 heavy (non-hydrogen) atoms. The van der Waals surface area contributed by atoms with Gasteiger partial charge in [-0.15, -0.1) is 0 Å². The highest BCUT2D eigenvalue weighted by Crippen LogP contribution is 2.30. The van der Waals surface area contributed by atoms with E-state index < -0.39 is 11.9 Å². The van der Waals surface area contributed by atoms with E-state index >= 15 is 0 Å². The van der Waals surface area contributed by atoms with Crippen LogP contribution in [0.25, 0.3) is 10.9 Å². The van der Waals surface area contributed by atoms with E-state index in [1.807, 2.05) is 0 Å². The van der Waals surface area contributed by atoms with E-state index in [0.29, 0.717) is 23.1 Å². The molecule has 0 amide bonds. The Hall–Kier alpha value is -2.47. The van der Waals surface area contributed by atoms with Crippen LogP contribution in [0.2, 0.25) is 5.02 Å². The van der Waals surface area contributed by atoms with E-state index in [2.05, 4.69) is 15.2 Å². The number of hydrogen-bond acceptors (Lipinski definition) is 4. The van der Waals surface area contributed by atoms with Crippen molar-refractivity contribution in [3.8, 4) is 5.75 Å². The summed E-state index contributed by atoms with van der Waals surface area (Å²) < 4.78 is 19.6. The van der Waals surface area contributed by atoms with Crippen LogP contribution in [-0.2, 0) is 0 Å². The van der Waals surface area contributed by atoms with Gasteiger partial charge in [-0.1, -0.05) is 11.6 Å². The number of nitrogens with one attached hydrogen (secondary N) is 1. The number of pyridine rings is 1. The lowest BCUT2D eigenvalue weighted by atomic mass is 10.1. The molecule has 2 heterocycles. The summed E-state index contributed by atoms with van der Waals surface area (Å²) in [6.45, 7) is 1.69. The van der Waals surface area contributed by atoms with E-state index in [0.717, 1.165) is 11.7 Å². The summed E-state index contributed by atoms with van der Waals surface area (Å²) in [5.41, 5.74) is 1.25. The first-order chi connectivity index (χ1) is 10.6. The Morgan fingerprint density at radius 1 is 1.41 bits per heavy atom. The zero-order chi connectivity index (χ0) is 15.7. The van der Waals surface area contributed by atoms with Crippen molar-refractivity contribution in [3.05, 3.63) is 52.7 Å². The number of benzene rings is 1. The Labute approximate surface area is 130 Å². The Morgan fingerprint density at radius 2 is 2.23 bits per heavy atom. The third-order valence-corrected chi connectivity index (χ3v) is 3.59. The second-order valence-corrected chi connectivity index (χ2v) is 5.12. The minimum atomic E-state index is -0.612. The third kappa shape index (κ3) is 2.53. The van der Waals surface area contributed by atoms with Crippen molar-refractivity contribution in [2.24, 2.45) is 0 Å². The van der Waals surface area contributed by atoms with Crippen molar-refractivity contribution in [1.29, 1.82) is 0 Å². The molecule has 2 aromatic heterocycles. The average molecular weight is 320 g/mol. The minimum absolute atomic E-state index is 0.200. The monoisotopic (exact) mass is 319 g/mol. The van der Waals surface area contributed by atoms with Crippen LogP contribution in [0.3, 0.4) is 0 Å². The summed E-state index contributed by atoms with van der Waals surface area (Å²) >= 11 is 5.97. The molecule has 1 unspecified atom stereocenters. The maximum absolute atomic E-state index is 13.8. The lowest BCUT2D eigenvalue weighted by Gasteiger charge is -2.16. The zero-order valence-electron chi connectivity index (χ0n) is 11.5. The van der Waals surface area contributed by atoms with Crippen LogP contribution in [0.5, 0.6) is 5.75 Å². The molecule has 7 heteroatoms. The van der Waals surface area contributed by atoms with Gasteiger partial charge in [0.05, 0.1) is 16.7 Å². The Kier molecular flexibility index (Phi) is 3.77. The van der Waals surface area contributed by atoms with Gasteiger partial charge in [-0.25, -0.2) is 4.39 Å². The predicted octanol–water partition coefficient (Wildman–Crippen LogP) is 3.70. The molecular formula is C15H11ClFN3O2. The fourth-order valence-corrected chi connectivity index (χ4v) is 2.55. The highest BCUT2D eigenvalue weighted by atomic mass is 35.5. The molecule has 3 aromatic rings. The topological polar surface area (TPSA) is 67.9 Å². The lowest BCUT2D eigenvalue weighted by molar-refractivity contribution is 0.112. The van der Waals surface area contributed by atoms with Crippen molar-refractivity contribution < 1.29 is 13.9 Å². The Balaban J connectivity index is 1.94. The quantitative estimate of drug-likeness (QED) is 0.744. The standard InChI is InChI=1S/C15H11ClFN3O2/c1-8(15-11(16)5-18-6-12(15)17)22-9-2-3-13-10(4-9)14(7-21)20-19-13/h2-8H,1H3,(H,19,20). The highest BCUT2D eigenvalue weighted by molar-refractivity contribution is 6.31. The molecule has 0 aliphatic heterocycles. The molecule has 1 aromatic carbocycles. The molecule has 0 aliphatic carbocycles. The van der Waals surface area contributed by atoms with Crippen LogP contribution in [0, 0.1) is 5.82 Å². The van der Waals surface area contributed by atoms with Gasteiger partial charge in [-0.05, 0) is 25.1 Å². The van der Waals surface area contributed by atoms with Crippen LogP contribution < -0.4 is 4.74 Å². The summed E-state index contributed by atoms with van der Waals surface area (Å²) in [4.78, 5) is 14.6. The van der Waals surface area contributed by atoms with Gasteiger partial charge in [0.2, 0.25) is 0 Å². The molecule has 1 N–H and O–H groups in total. The molecule has 0 fully saturated rings. The molecule has 0 radical (unpaired) electrons. The van der Waals surface area contributed by atoms with Gasteiger partial charge in [-0.2, -0.15) is 5.10 Å². The van der Waals surface area contributed by atoms with Crippen LogP contribution in [-0.4, -0.2) is 21.5 Å². The maximum Gasteiger partial charge on any atom is 0.170 e. The number of carbonyl (C=O) groups is 1. The highest BCUT2D eigenvalue weighted by Gasteiger charge is 2.17. The fraction of sp³-hybridized carbons (Fsp3) is 0.133. The molecule has 5 nitrogen and oxygen atoms in total. The largest absolute Gasteiger partial charge is 0.486 e. The number of halogens is 2. The smallest absolute Gasteiger partial charge is 0.170 e. The first kappa shape index (κ1) is 14.5. The number of nitrogens with zero attached hydrogens (tertiary/aromatic N) is 2. The normalized spacial score (nSPS) is 12.3. The summed E-state index contributed by atoms with van der Waals surface area (Å²) in [5, 5.41) is 7.47. The third-order valence-electron chi connectivity index (χ3n) is 3.29. The van der Waals surface area contributed by atoms with Gasteiger partial charge < -0.3 is 4.74 Å². The summed E-state index contributed by atoms with van der Waals surface area (Å²) in [6.07, 6.45) is 2.50. The van der Waals surface area contributed by atoms with Crippen molar-refractivity contribution in [2.75, 3.05) is 0 Å². The molecule has 0 bridgehead atoms.